The monoisotopic (exact) mass is 409 g/mol. The van der Waals surface area contributed by atoms with E-state index in [9.17, 15) is 8.42 Å². The maximum Gasteiger partial charge on any atom is 0.247 e. The van der Waals surface area contributed by atoms with Gasteiger partial charge in [-0.3, -0.25) is 0 Å². The predicted octanol–water partition coefficient (Wildman–Crippen LogP) is 4.16. The van der Waals surface area contributed by atoms with Gasteiger partial charge in [0.1, 0.15) is 10.6 Å². The van der Waals surface area contributed by atoms with Crippen molar-refractivity contribution in [3.8, 4) is 5.75 Å². The summed E-state index contributed by atoms with van der Waals surface area (Å²) in [6.45, 7) is 0. The van der Waals surface area contributed by atoms with Gasteiger partial charge in [-0.2, -0.15) is 4.31 Å². The first-order valence-electron chi connectivity index (χ1n) is 7.84. The number of hydrogen-bond donors (Lipinski definition) is 0. The van der Waals surface area contributed by atoms with Crippen molar-refractivity contribution in [1.82, 2.24) is 4.31 Å². The second-order valence-corrected chi connectivity index (χ2v) is 8.80. The summed E-state index contributed by atoms with van der Waals surface area (Å²) < 4.78 is 33.9. The van der Waals surface area contributed by atoms with Gasteiger partial charge >= 0.3 is 0 Å². The van der Waals surface area contributed by atoms with Crippen molar-refractivity contribution in [2.45, 2.75) is 30.2 Å². The smallest absolute Gasteiger partial charge is 0.247 e. The molecule has 3 rings (SSSR count). The van der Waals surface area contributed by atoms with Gasteiger partial charge in [0, 0.05) is 17.6 Å². The number of benzene rings is 2. The number of rotatable bonds is 4. The number of methoxy groups -OCH3 is 1. The topological polar surface area (TPSA) is 46.6 Å². The fraction of sp³-hybridized carbons (Fsp3) is 0.333. The van der Waals surface area contributed by atoms with Crippen LogP contribution < -0.4 is 4.74 Å². The zero-order valence-corrected chi connectivity index (χ0v) is 16.1. The van der Waals surface area contributed by atoms with Crippen LogP contribution in [-0.2, 0) is 16.4 Å². The van der Waals surface area contributed by atoms with Gasteiger partial charge in [0.15, 0.2) is 0 Å². The highest BCUT2D eigenvalue weighted by Crippen LogP contribution is 2.38. The molecule has 0 amide bonds. The Morgan fingerprint density at radius 2 is 1.96 bits per heavy atom. The van der Waals surface area contributed by atoms with Gasteiger partial charge in [0.05, 0.1) is 7.11 Å². The SMILES string of the molecule is COc1ccc(Br)cc1S(=O)(=O)N(C)[C@@H]1CCCc2ccccc21. The van der Waals surface area contributed by atoms with Crippen molar-refractivity contribution >= 4 is 26.0 Å². The number of sulfonamides is 1. The molecule has 0 saturated heterocycles. The van der Waals surface area contributed by atoms with Gasteiger partial charge in [0.2, 0.25) is 10.0 Å². The molecular formula is C18H20BrNO3S. The number of nitrogens with zero attached hydrogens (tertiary/aromatic N) is 1. The normalized spacial score (nSPS) is 17.6. The number of fused-ring (bicyclic) bond motifs is 1. The van der Waals surface area contributed by atoms with Crippen molar-refractivity contribution in [2.75, 3.05) is 14.2 Å². The highest BCUT2D eigenvalue weighted by atomic mass is 79.9. The molecule has 1 atom stereocenters. The molecule has 0 radical (unpaired) electrons. The summed E-state index contributed by atoms with van der Waals surface area (Å²) >= 11 is 3.35. The van der Waals surface area contributed by atoms with Gasteiger partial charge in [-0.25, -0.2) is 8.42 Å². The maximum atomic E-state index is 13.2. The summed E-state index contributed by atoms with van der Waals surface area (Å²) in [4.78, 5) is 0.185. The van der Waals surface area contributed by atoms with E-state index in [4.69, 9.17) is 4.74 Å². The molecule has 0 heterocycles. The van der Waals surface area contributed by atoms with Gasteiger partial charge in [-0.05, 0) is 48.6 Å². The Kier molecular flexibility index (Phi) is 4.99. The first-order valence-corrected chi connectivity index (χ1v) is 10.1. The van der Waals surface area contributed by atoms with E-state index in [-0.39, 0.29) is 10.9 Å². The van der Waals surface area contributed by atoms with Crippen molar-refractivity contribution < 1.29 is 13.2 Å². The molecule has 128 valence electrons. The molecule has 0 aromatic heterocycles. The second-order valence-electron chi connectivity index (χ2n) is 5.92. The Morgan fingerprint density at radius 3 is 2.71 bits per heavy atom. The van der Waals surface area contributed by atoms with E-state index >= 15 is 0 Å². The number of aryl methyl sites for hydroxylation is 1. The summed E-state index contributed by atoms with van der Waals surface area (Å²) in [7, 11) is -0.529. The molecule has 4 nitrogen and oxygen atoms in total. The van der Waals surface area contributed by atoms with Crippen molar-refractivity contribution in [1.29, 1.82) is 0 Å². The molecule has 2 aromatic rings. The Labute approximate surface area is 151 Å². The van der Waals surface area contributed by atoms with Crippen molar-refractivity contribution in [2.24, 2.45) is 0 Å². The summed E-state index contributed by atoms with van der Waals surface area (Å²) in [5.74, 6) is 0.356. The van der Waals surface area contributed by atoms with Gasteiger partial charge < -0.3 is 4.74 Å². The van der Waals surface area contributed by atoms with Crippen LogP contribution in [-0.4, -0.2) is 26.9 Å². The zero-order chi connectivity index (χ0) is 17.3. The molecule has 1 aliphatic rings. The molecule has 2 aromatic carbocycles. The Bertz CT molecular complexity index is 851. The van der Waals surface area contributed by atoms with Gasteiger partial charge in [-0.15, -0.1) is 0 Å². The first kappa shape index (κ1) is 17.5. The largest absolute Gasteiger partial charge is 0.495 e. The van der Waals surface area contributed by atoms with Crippen LogP contribution in [0.2, 0.25) is 0 Å². The molecule has 0 N–H and O–H groups in total. The standard InChI is InChI=1S/C18H20BrNO3S/c1-20(16-9-5-7-13-6-3-4-8-15(13)16)24(21,22)18-12-14(19)10-11-17(18)23-2/h3-4,6,8,10-12,16H,5,7,9H2,1-2H3/t16-/m1/s1. The van der Waals surface area contributed by atoms with E-state index in [1.54, 1.807) is 25.2 Å². The zero-order valence-electron chi connectivity index (χ0n) is 13.7. The molecule has 0 fully saturated rings. The molecule has 24 heavy (non-hydrogen) atoms. The summed E-state index contributed by atoms with van der Waals surface area (Å²) in [6, 6.07) is 13.0. The average Bonchev–Trinajstić information content (AvgIpc) is 2.60. The van der Waals surface area contributed by atoms with E-state index in [0.29, 0.717) is 10.2 Å². The summed E-state index contributed by atoms with van der Waals surface area (Å²) in [5, 5.41) is 0. The lowest BCUT2D eigenvalue weighted by molar-refractivity contribution is 0.334. The average molecular weight is 410 g/mol. The first-order chi connectivity index (χ1) is 11.4. The number of halogens is 1. The van der Waals surface area contributed by atoms with E-state index in [1.165, 1.54) is 17.0 Å². The molecule has 0 bridgehead atoms. The van der Waals surface area contributed by atoms with Crippen LogP contribution in [0.3, 0.4) is 0 Å². The minimum atomic E-state index is -3.67. The number of hydrogen-bond acceptors (Lipinski definition) is 3. The lowest BCUT2D eigenvalue weighted by atomic mass is 9.88. The third-order valence-corrected chi connectivity index (χ3v) is 6.94. The van der Waals surface area contributed by atoms with Crippen LogP contribution in [0.25, 0.3) is 0 Å². The van der Waals surface area contributed by atoms with Crippen LogP contribution in [0.15, 0.2) is 51.8 Å². The third-order valence-electron chi connectivity index (χ3n) is 4.56. The second kappa shape index (κ2) is 6.86. The minimum Gasteiger partial charge on any atom is -0.495 e. The molecule has 0 saturated carbocycles. The van der Waals surface area contributed by atoms with Gasteiger partial charge in [-0.1, -0.05) is 40.2 Å². The number of ether oxygens (including phenoxy) is 1. The highest BCUT2D eigenvalue weighted by molar-refractivity contribution is 9.10. The third kappa shape index (κ3) is 3.10. The van der Waals surface area contributed by atoms with E-state index in [2.05, 4.69) is 22.0 Å². The van der Waals surface area contributed by atoms with Gasteiger partial charge in [0.25, 0.3) is 0 Å². The summed E-state index contributed by atoms with van der Waals surface area (Å²) in [6.07, 6.45) is 2.81. The molecular weight excluding hydrogens is 390 g/mol. The van der Waals surface area contributed by atoms with Crippen molar-refractivity contribution in [3.05, 3.63) is 58.1 Å². The van der Waals surface area contributed by atoms with Crippen LogP contribution in [0, 0.1) is 0 Å². The van der Waals surface area contributed by atoms with Crippen LogP contribution in [0.4, 0.5) is 0 Å². The van der Waals surface area contributed by atoms with E-state index in [0.717, 1.165) is 24.8 Å². The van der Waals surface area contributed by atoms with Crippen molar-refractivity contribution in [3.63, 3.8) is 0 Å². The highest BCUT2D eigenvalue weighted by Gasteiger charge is 2.33. The molecule has 0 spiro atoms. The molecule has 1 aliphatic carbocycles. The fourth-order valence-electron chi connectivity index (χ4n) is 3.28. The van der Waals surface area contributed by atoms with E-state index in [1.807, 2.05) is 18.2 Å². The predicted molar refractivity (Wildman–Crippen MR) is 97.8 cm³/mol. The molecule has 0 aliphatic heterocycles. The fourth-order valence-corrected chi connectivity index (χ4v) is 5.34. The molecule has 6 heteroatoms. The van der Waals surface area contributed by atoms with Crippen LogP contribution >= 0.6 is 15.9 Å². The molecule has 0 unspecified atom stereocenters. The lowest BCUT2D eigenvalue weighted by Gasteiger charge is -2.32. The summed E-state index contributed by atoms with van der Waals surface area (Å²) in [5.41, 5.74) is 2.33. The lowest BCUT2D eigenvalue weighted by Crippen LogP contribution is -2.33. The minimum absolute atomic E-state index is 0.149. The van der Waals surface area contributed by atoms with Crippen LogP contribution in [0.1, 0.15) is 30.0 Å². The Balaban J connectivity index is 2.04. The van der Waals surface area contributed by atoms with Crippen LogP contribution in [0.5, 0.6) is 5.75 Å². The Morgan fingerprint density at radius 1 is 1.21 bits per heavy atom. The Hall–Kier alpha value is -1.37. The quantitative estimate of drug-likeness (QED) is 0.761. The maximum absolute atomic E-state index is 13.2. The van der Waals surface area contributed by atoms with E-state index < -0.39 is 10.0 Å².